The summed E-state index contributed by atoms with van der Waals surface area (Å²) in [5.41, 5.74) is 10.9. The van der Waals surface area contributed by atoms with Crippen molar-refractivity contribution in [2.75, 3.05) is 6.54 Å². The first-order valence-corrected chi connectivity index (χ1v) is 11.0. The number of rotatable bonds is 7. The van der Waals surface area contributed by atoms with Crippen LogP contribution in [-0.2, 0) is 19.2 Å². The van der Waals surface area contributed by atoms with Crippen LogP contribution in [0.1, 0.15) is 60.3 Å². The number of ketones is 1. The molecule has 5 N–H and O–H groups in total. The molecule has 3 amide bonds. The first-order chi connectivity index (χ1) is 13.8. The number of primary amides is 1. The van der Waals surface area contributed by atoms with E-state index in [0.29, 0.717) is 18.9 Å². The number of Topliss-reactive ketones (excluding diaryl/α,β-unsaturated/α-hetero) is 1. The Labute approximate surface area is 178 Å². The second-order valence-corrected chi connectivity index (χ2v) is 11.1. The van der Waals surface area contributed by atoms with Gasteiger partial charge in [0.05, 0.1) is 12.1 Å². The molecular weight excluding hydrogens is 384 g/mol. The van der Waals surface area contributed by atoms with Crippen molar-refractivity contribution in [3.8, 4) is 0 Å². The number of nitrogens with one attached hydrogen (secondary N) is 1. The van der Waals surface area contributed by atoms with Crippen molar-refractivity contribution in [2.45, 2.75) is 78.4 Å². The molecule has 0 aromatic rings. The lowest BCUT2D eigenvalue weighted by molar-refractivity contribution is -0.144. The number of piperidine rings is 1. The van der Waals surface area contributed by atoms with Crippen molar-refractivity contribution in [3.05, 3.63) is 0 Å². The summed E-state index contributed by atoms with van der Waals surface area (Å²) in [7, 11) is 0. The molecule has 5 atom stereocenters. The van der Waals surface area contributed by atoms with Crippen LogP contribution in [0.2, 0.25) is 0 Å². The Bertz CT molecular complexity index is 753. The number of hydrogen-bond donors (Lipinski definition) is 3. The van der Waals surface area contributed by atoms with Gasteiger partial charge in [0.2, 0.25) is 17.6 Å². The summed E-state index contributed by atoms with van der Waals surface area (Å²) in [6.45, 7) is 10.3. The molecule has 0 spiro atoms. The van der Waals surface area contributed by atoms with Crippen LogP contribution in [0.25, 0.3) is 0 Å². The lowest BCUT2D eigenvalue weighted by Crippen LogP contribution is -2.59. The maximum absolute atomic E-state index is 13.3. The Morgan fingerprint density at radius 1 is 1.17 bits per heavy atom. The average molecular weight is 421 g/mol. The topological polar surface area (TPSA) is 136 Å². The predicted octanol–water partition coefficient (Wildman–Crippen LogP) is 0.572. The minimum absolute atomic E-state index is 0.0154. The first-order valence-electron chi connectivity index (χ1n) is 11.0. The minimum atomic E-state index is -1.04. The molecule has 2 saturated carbocycles. The molecule has 3 fully saturated rings. The van der Waals surface area contributed by atoms with Gasteiger partial charge in [-0.1, -0.05) is 53.9 Å². The van der Waals surface area contributed by atoms with Gasteiger partial charge in [-0.3, -0.25) is 19.2 Å². The van der Waals surface area contributed by atoms with Crippen LogP contribution in [-0.4, -0.2) is 53.1 Å². The molecule has 3 rings (SSSR count). The minimum Gasteiger partial charge on any atom is -0.363 e. The second kappa shape index (κ2) is 7.62. The smallest absolute Gasteiger partial charge is 0.287 e. The second-order valence-electron chi connectivity index (χ2n) is 11.1. The molecule has 0 aromatic heterocycles. The average Bonchev–Trinajstić information content (AvgIpc) is 2.95. The molecule has 2 unspecified atom stereocenters. The van der Waals surface area contributed by atoms with Gasteiger partial charge < -0.3 is 21.7 Å². The van der Waals surface area contributed by atoms with E-state index in [4.69, 9.17) is 11.5 Å². The fourth-order valence-corrected chi connectivity index (χ4v) is 5.08. The summed E-state index contributed by atoms with van der Waals surface area (Å²) in [4.78, 5) is 51.9. The molecule has 1 saturated heterocycles. The highest BCUT2D eigenvalue weighted by Crippen LogP contribution is 2.65. The maximum Gasteiger partial charge on any atom is 0.287 e. The fraction of sp³-hybridized carbons (Fsp3) is 0.818. The zero-order valence-electron chi connectivity index (χ0n) is 18.7. The van der Waals surface area contributed by atoms with Gasteiger partial charge >= 0.3 is 0 Å². The Hall–Kier alpha value is -1.96. The number of nitrogens with two attached hydrogens (primary N) is 2. The molecule has 2 aliphatic carbocycles. The van der Waals surface area contributed by atoms with Gasteiger partial charge in [-0.05, 0) is 35.0 Å². The maximum atomic E-state index is 13.3. The molecule has 0 radical (unpaired) electrons. The summed E-state index contributed by atoms with van der Waals surface area (Å²) >= 11 is 0. The molecule has 30 heavy (non-hydrogen) atoms. The third-order valence-corrected chi connectivity index (χ3v) is 7.63. The number of likely N-dealkylation sites (tertiary alicyclic amines) is 1. The summed E-state index contributed by atoms with van der Waals surface area (Å²) in [6, 6.07) is -2.35. The number of fused-ring (bicyclic) bond motifs is 1. The van der Waals surface area contributed by atoms with E-state index in [1.54, 1.807) is 4.90 Å². The van der Waals surface area contributed by atoms with Crippen LogP contribution in [0.3, 0.4) is 0 Å². The lowest BCUT2D eigenvalue weighted by Gasteiger charge is -2.36. The highest BCUT2D eigenvalue weighted by molar-refractivity contribution is 6.37. The quantitative estimate of drug-likeness (QED) is 0.518. The Morgan fingerprint density at radius 2 is 1.77 bits per heavy atom. The van der Waals surface area contributed by atoms with Gasteiger partial charge in [0, 0.05) is 6.54 Å². The Balaban J connectivity index is 1.79. The zero-order chi connectivity index (χ0) is 22.6. The third kappa shape index (κ3) is 3.98. The van der Waals surface area contributed by atoms with E-state index in [1.807, 2.05) is 20.8 Å². The molecule has 168 valence electrons. The predicted molar refractivity (Wildman–Crippen MR) is 112 cm³/mol. The molecule has 1 heterocycles. The van der Waals surface area contributed by atoms with Gasteiger partial charge in [0.1, 0.15) is 6.04 Å². The van der Waals surface area contributed by atoms with Crippen molar-refractivity contribution in [2.24, 2.45) is 40.1 Å². The molecule has 8 heteroatoms. The number of carbonyl (C=O) groups excluding carboxylic acids is 4. The van der Waals surface area contributed by atoms with Crippen molar-refractivity contribution in [1.29, 1.82) is 0 Å². The first kappa shape index (κ1) is 22.7. The Kier molecular flexibility index (Phi) is 5.77. The van der Waals surface area contributed by atoms with Crippen LogP contribution in [0.4, 0.5) is 0 Å². The van der Waals surface area contributed by atoms with E-state index in [0.717, 1.165) is 19.3 Å². The van der Waals surface area contributed by atoms with Crippen molar-refractivity contribution >= 4 is 23.5 Å². The van der Waals surface area contributed by atoms with E-state index in [-0.39, 0.29) is 29.1 Å². The van der Waals surface area contributed by atoms with Crippen molar-refractivity contribution in [3.63, 3.8) is 0 Å². The van der Waals surface area contributed by atoms with Crippen LogP contribution in [0.5, 0.6) is 0 Å². The highest BCUT2D eigenvalue weighted by atomic mass is 16.2. The van der Waals surface area contributed by atoms with E-state index in [1.165, 1.54) is 0 Å². The molecule has 1 aliphatic heterocycles. The van der Waals surface area contributed by atoms with Crippen molar-refractivity contribution in [1.82, 2.24) is 10.2 Å². The fourth-order valence-electron chi connectivity index (χ4n) is 5.08. The van der Waals surface area contributed by atoms with Gasteiger partial charge in [-0.2, -0.15) is 0 Å². The SMILES string of the molecule is CC(C)(C)[C@H](N)C(=O)N1C[C@H]2[C@@H](C1C(=O)NC(CC1CCC1)C(=O)C(N)=O)C2(C)C. The van der Waals surface area contributed by atoms with Gasteiger partial charge in [-0.25, -0.2) is 0 Å². The van der Waals surface area contributed by atoms with Gasteiger partial charge in [0.25, 0.3) is 5.91 Å². The largest absolute Gasteiger partial charge is 0.363 e. The normalized spacial score (nSPS) is 29.4. The molecule has 3 aliphatic rings. The molecule has 0 aromatic carbocycles. The molecular formula is C22H36N4O4. The summed E-state index contributed by atoms with van der Waals surface area (Å²) in [6.07, 6.45) is 3.45. The van der Waals surface area contributed by atoms with Crippen molar-refractivity contribution < 1.29 is 19.2 Å². The van der Waals surface area contributed by atoms with Crippen LogP contribution in [0.15, 0.2) is 0 Å². The summed E-state index contributed by atoms with van der Waals surface area (Å²) in [5, 5.41) is 2.77. The van der Waals surface area contributed by atoms with E-state index in [9.17, 15) is 19.2 Å². The van der Waals surface area contributed by atoms with E-state index >= 15 is 0 Å². The van der Waals surface area contributed by atoms with Gasteiger partial charge in [0.15, 0.2) is 0 Å². The zero-order valence-corrected chi connectivity index (χ0v) is 18.7. The Morgan fingerprint density at radius 3 is 2.23 bits per heavy atom. The van der Waals surface area contributed by atoms with Gasteiger partial charge in [-0.15, -0.1) is 0 Å². The van der Waals surface area contributed by atoms with E-state index < -0.39 is 35.2 Å². The standard InChI is InChI=1S/C22H36N4O4/c1-21(2,3)17(23)20(30)26-10-12-14(22(12,4)5)15(26)19(29)25-13(16(27)18(24)28)9-11-7-6-8-11/h11-15,17H,6-10,23H2,1-5H3,(H2,24,28)(H,25,29)/t12-,13?,14-,15?,17+/m0/s1. The summed E-state index contributed by atoms with van der Waals surface area (Å²) in [5.74, 6) is -1.91. The lowest BCUT2D eigenvalue weighted by atomic mass is 9.80. The number of carbonyl (C=O) groups is 4. The number of amides is 3. The van der Waals surface area contributed by atoms with Crippen LogP contribution in [0, 0.1) is 28.6 Å². The van der Waals surface area contributed by atoms with Crippen LogP contribution < -0.4 is 16.8 Å². The van der Waals surface area contributed by atoms with Crippen LogP contribution >= 0.6 is 0 Å². The molecule has 0 bridgehead atoms. The summed E-state index contributed by atoms with van der Waals surface area (Å²) < 4.78 is 0. The monoisotopic (exact) mass is 420 g/mol. The number of hydrogen-bond acceptors (Lipinski definition) is 5. The highest BCUT2D eigenvalue weighted by Gasteiger charge is 2.69. The third-order valence-electron chi connectivity index (χ3n) is 7.63. The molecule has 8 nitrogen and oxygen atoms in total. The van der Waals surface area contributed by atoms with E-state index in [2.05, 4.69) is 19.2 Å². The number of nitrogens with zero attached hydrogens (tertiary/aromatic N) is 1.